The second kappa shape index (κ2) is 6.19. The summed E-state index contributed by atoms with van der Waals surface area (Å²) in [5.41, 5.74) is 1.76. The average Bonchev–Trinajstić information content (AvgIpc) is 2.64. The Morgan fingerprint density at radius 3 is 2.17 bits per heavy atom. The van der Waals surface area contributed by atoms with Crippen molar-refractivity contribution >= 4 is 18.5 Å². The van der Waals surface area contributed by atoms with E-state index in [9.17, 15) is 4.79 Å². The maximum absolute atomic E-state index is 12.5. The zero-order valence-electron chi connectivity index (χ0n) is 16.2. The molecule has 0 aliphatic carbocycles. The van der Waals surface area contributed by atoms with Crippen LogP contribution in [0.4, 0.5) is 0 Å². The van der Waals surface area contributed by atoms with Gasteiger partial charge in [0.15, 0.2) is 0 Å². The molecule has 0 radical (unpaired) electrons. The summed E-state index contributed by atoms with van der Waals surface area (Å²) in [4.78, 5) is 12.5. The Hall–Kier alpha value is -1.33. The Bertz CT molecular complexity index is 616. The normalized spacial score (nSPS) is 19.4. The van der Waals surface area contributed by atoms with Gasteiger partial charge in [-0.3, -0.25) is 4.79 Å². The standard InChI is InChI=1S/C19H30BNO3/c1-13-9-10-14(20-23-18(5,6)19(7,8)24-20)11-15(13)16(22)21-12-17(2,3)4/h9-11H,12H2,1-8H3,(H,21,22). The van der Waals surface area contributed by atoms with Gasteiger partial charge in [-0.1, -0.05) is 32.9 Å². The van der Waals surface area contributed by atoms with Gasteiger partial charge >= 0.3 is 7.12 Å². The highest BCUT2D eigenvalue weighted by Gasteiger charge is 2.51. The smallest absolute Gasteiger partial charge is 0.399 e. The Balaban J connectivity index is 2.22. The van der Waals surface area contributed by atoms with Gasteiger partial charge < -0.3 is 14.6 Å². The van der Waals surface area contributed by atoms with Crippen molar-refractivity contribution < 1.29 is 14.1 Å². The van der Waals surface area contributed by atoms with E-state index in [-0.39, 0.29) is 11.3 Å². The molecule has 0 aromatic heterocycles. The third-order valence-electron chi connectivity index (χ3n) is 4.81. The molecular formula is C19H30BNO3. The van der Waals surface area contributed by atoms with Gasteiger partial charge in [0.2, 0.25) is 0 Å². The zero-order chi connectivity index (χ0) is 18.3. The Morgan fingerprint density at radius 1 is 1.12 bits per heavy atom. The van der Waals surface area contributed by atoms with Crippen LogP contribution in [0, 0.1) is 12.3 Å². The summed E-state index contributed by atoms with van der Waals surface area (Å²) in [6, 6.07) is 5.81. The van der Waals surface area contributed by atoms with Crippen LogP contribution in [0.2, 0.25) is 0 Å². The molecule has 4 nitrogen and oxygen atoms in total. The van der Waals surface area contributed by atoms with Crippen LogP contribution in [0.25, 0.3) is 0 Å². The molecule has 1 aliphatic heterocycles. The quantitative estimate of drug-likeness (QED) is 0.866. The van der Waals surface area contributed by atoms with E-state index in [4.69, 9.17) is 9.31 Å². The number of nitrogens with one attached hydrogen (secondary N) is 1. The highest BCUT2D eigenvalue weighted by Crippen LogP contribution is 2.36. The van der Waals surface area contributed by atoms with E-state index in [2.05, 4.69) is 26.1 Å². The molecule has 0 spiro atoms. The lowest BCUT2D eigenvalue weighted by Gasteiger charge is -2.32. The molecule has 1 aliphatic rings. The van der Waals surface area contributed by atoms with Crippen LogP contribution in [0.5, 0.6) is 0 Å². The van der Waals surface area contributed by atoms with E-state index < -0.39 is 18.3 Å². The molecular weight excluding hydrogens is 301 g/mol. The highest BCUT2D eigenvalue weighted by atomic mass is 16.7. The maximum atomic E-state index is 12.5. The minimum Gasteiger partial charge on any atom is -0.399 e. The van der Waals surface area contributed by atoms with Crippen LogP contribution < -0.4 is 10.8 Å². The Labute approximate surface area is 146 Å². The SMILES string of the molecule is Cc1ccc(B2OC(C)(C)C(C)(C)O2)cc1C(=O)NCC(C)(C)C. The number of amides is 1. The zero-order valence-corrected chi connectivity index (χ0v) is 16.2. The Morgan fingerprint density at radius 2 is 1.67 bits per heavy atom. The second-order valence-electron chi connectivity index (χ2n) is 8.91. The summed E-state index contributed by atoms with van der Waals surface area (Å²) in [6.45, 7) is 17.0. The van der Waals surface area contributed by atoms with Gasteiger partial charge in [-0.2, -0.15) is 0 Å². The monoisotopic (exact) mass is 331 g/mol. The van der Waals surface area contributed by atoms with E-state index in [0.29, 0.717) is 12.1 Å². The molecule has 1 N–H and O–H groups in total. The first kappa shape index (κ1) is 19.0. The van der Waals surface area contributed by atoms with Gasteiger partial charge in [-0.15, -0.1) is 0 Å². The minimum atomic E-state index is -0.454. The van der Waals surface area contributed by atoms with Crippen molar-refractivity contribution in [1.29, 1.82) is 0 Å². The van der Waals surface area contributed by atoms with Crippen LogP contribution in [0.3, 0.4) is 0 Å². The molecule has 1 saturated heterocycles. The summed E-state index contributed by atoms with van der Waals surface area (Å²) in [6.07, 6.45) is 0. The van der Waals surface area contributed by atoms with Crippen LogP contribution in [-0.2, 0) is 9.31 Å². The predicted molar refractivity (Wildman–Crippen MR) is 98.7 cm³/mol. The third-order valence-corrected chi connectivity index (χ3v) is 4.81. The number of carbonyl (C=O) groups excluding carboxylic acids is 1. The van der Waals surface area contributed by atoms with Crippen LogP contribution in [-0.4, -0.2) is 30.8 Å². The van der Waals surface area contributed by atoms with Crippen molar-refractivity contribution in [3.8, 4) is 0 Å². The molecule has 132 valence electrons. The van der Waals surface area contributed by atoms with E-state index in [0.717, 1.165) is 11.0 Å². The fraction of sp³-hybridized carbons (Fsp3) is 0.632. The van der Waals surface area contributed by atoms with Gasteiger partial charge in [0.1, 0.15) is 0 Å². The summed E-state index contributed by atoms with van der Waals surface area (Å²) in [5, 5.41) is 3.01. The van der Waals surface area contributed by atoms with Crippen molar-refractivity contribution in [3.05, 3.63) is 29.3 Å². The molecule has 1 heterocycles. The topological polar surface area (TPSA) is 47.6 Å². The van der Waals surface area contributed by atoms with Crippen molar-refractivity contribution in [2.75, 3.05) is 6.54 Å². The van der Waals surface area contributed by atoms with Crippen LogP contribution >= 0.6 is 0 Å². The predicted octanol–water partition coefficient (Wildman–Crippen LogP) is 3.07. The lowest BCUT2D eigenvalue weighted by atomic mass is 9.77. The molecule has 0 atom stereocenters. The lowest BCUT2D eigenvalue weighted by molar-refractivity contribution is 0.00578. The number of carbonyl (C=O) groups is 1. The molecule has 0 unspecified atom stereocenters. The van der Waals surface area contributed by atoms with E-state index in [1.807, 2.05) is 52.8 Å². The summed E-state index contributed by atoms with van der Waals surface area (Å²) >= 11 is 0. The molecule has 0 bridgehead atoms. The average molecular weight is 331 g/mol. The van der Waals surface area contributed by atoms with E-state index in [1.54, 1.807) is 0 Å². The lowest BCUT2D eigenvalue weighted by Crippen LogP contribution is -2.41. The van der Waals surface area contributed by atoms with Crippen molar-refractivity contribution in [3.63, 3.8) is 0 Å². The van der Waals surface area contributed by atoms with Gasteiger partial charge in [0.25, 0.3) is 5.91 Å². The first-order chi connectivity index (χ1) is 10.8. The van der Waals surface area contributed by atoms with Gasteiger partial charge in [-0.05, 0) is 57.1 Å². The number of benzene rings is 1. The fourth-order valence-corrected chi connectivity index (χ4v) is 2.45. The van der Waals surface area contributed by atoms with Gasteiger partial charge in [0.05, 0.1) is 11.2 Å². The molecule has 1 aromatic carbocycles. The number of rotatable bonds is 3. The Kier molecular flexibility index (Phi) is 4.91. The highest BCUT2D eigenvalue weighted by molar-refractivity contribution is 6.62. The molecule has 1 amide bonds. The summed E-state index contributed by atoms with van der Waals surface area (Å²) in [5.74, 6) is -0.0548. The maximum Gasteiger partial charge on any atom is 0.494 e. The molecule has 2 rings (SSSR count). The van der Waals surface area contributed by atoms with Crippen LogP contribution in [0.15, 0.2) is 18.2 Å². The molecule has 1 aromatic rings. The van der Waals surface area contributed by atoms with E-state index >= 15 is 0 Å². The summed E-state index contributed by atoms with van der Waals surface area (Å²) < 4.78 is 12.2. The van der Waals surface area contributed by atoms with Crippen molar-refractivity contribution in [2.24, 2.45) is 5.41 Å². The second-order valence-corrected chi connectivity index (χ2v) is 8.91. The third kappa shape index (κ3) is 4.01. The first-order valence-electron chi connectivity index (χ1n) is 8.57. The van der Waals surface area contributed by atoms with E-state index in [1.165, 1.54) is 0 Å². The number of aryl methyl sites for hydroxylation is 1. The van der Waals surface area contributed by atoms with Crippen molar-refractivity contribution in [1.82, 2.24) is 5.32 Å². The van der Waals surface area contributed by atoms with Crippen molar-refractivity contribution in [2.45, 2.75) is 66.6 Å². The summed E-state index contributed by atoms with van der Waals surface area (Å²) in [7, 11) is -0.454. The fourth-order valence-electron chi connectivity index (χ4n) is 2.45. The largest absolute Gasteiger partial charge is 0.494 e. The minimum absolute atomic E-state index is 0.0485. The number of hydrogen-bond acceptors (Lipinski definition) is 3. The number of hydrogen-bond donors (Lipinski definition) is 1. The molecule has 5 heteroatoms. The first-order valence-corrected chi connectivity index (χ1v) is 8.57. The van der Waals surface area contributed by atoms with Crippen LogP contribution in [0.1, 0.15) is 64.4 Å². The molecule has 24 heavy (non-hydrogen) atoms. The van der Waals surface area contributed by atoms with Gasteiger partial charge in [0, 0.05) is 12.1 Å². The molecule has 1 fully saturated rings. The van der Waals surface area contributed by atoms with Gasteiger partial charge in [-0.25, -0.2) is 0 Å². The molecule has 0 saturated carbocycles.